The molecule has 1 aliphatic heterocycles. The van der Waals surface area contributed by atoms with E-state index in [9.17, 15) is 19.2 Å². The first-order valence-corrected chi connectivity index (χ1v) is 11.7. The number of hydrogen-bond donors (Lipinski definition) is 0. The van der Waals surface area contributed by atoms with Gasteiger partial charge in [0.2, 0.25) is 0 Å². The van der Waals surface area contributed by atoms with Gasteiger partial charge in [0.15, 0.2) is 26.8 Å². The van der Waals surface area contributed by atoms with Crippen LogP contribution in [-0.2, 0) is 28.7 Å². The Morgan fingerprint density at radius 3 is 1.77 bits per heavy atom. The Balaban J connectivity index is 3.22. The average Bonchev–Trinajstić information content (AvgIpc) is 2.50. The number of carbonyl (C=O) groups is 4. The number of carbonyl (C=O) groups excluding carboxylic acids is 4. The molecule has 0 aliphatic carbocycles. The van der Waals surface area contributed by atoms with Crippen LogP contribution in [0.1, 0.15) is 34.6 Å². The van der Waals surface area contributed by atoms with Gasteiger partial charge in [-0.3, -0.25) is 19.2 Å². The van der Waals surface area contributed by atoms with Gasteiger partial charge in [-0.15, -0.1) is 0 Å². The van der Waals surface area contributed by atoms with E-state index in [4.69, 9.17) is 9.47 Å². The number of thioether (sulfide) groups is 4. The Kier molecular flexibility index (Phi) is 10.9. The number of rotatable bonds is 7. The number of hydrogen-bond acceptors (Lipinski definition) is 10. The molecule has 0 radical (unpaired) electrons. The van der Waals surface area contributed by atoms with Gasteiger partial charge < -0.3 is 9.47 Å². The fourth-order valence-corrected chi connectivity index (χ4v) is 6.95. The van der Waals surface area contributed by atoms with Crippen LogP contribution in [0.5, 0.6) is 0 Å². The molecule has 0 aromatic carbocycles. The third-order valence-corrected chi connectivity index (χ3v) is 8.04. The van der Waals surface area contributed by atoms with Gasteiger partial charge in [0.25, 0.3) is 0 Å². The topological polar surface area (TPSA) is 86.7 Å². The summed E-state index contributed by atoms with van der Waals surface area (Å²) in [4.78, 5) is 46.8. The van der Waals surface area contributed by atoms with Crippen molar-refractivity contribution in [2.45, 2.75) is 62.8 Å². The van der Waals surface area contributed by atoms with E-state index in [-0.39, 0.29) is 31.0 Å². The van der Waals surface area contributed by atoms with Crippen LogP contribution in [0.3, 0.4) is 0 Å². The molecule has 5 atom stereocenters. The molecule has 6 nitrogen and oxygen atoms in total. The molecule has 0 spiro atoms. The van der Waals surface area contributed by atoms with Crippen molar-refractivity contribution in [1.29, 1.82) is 0 Å². The van der Waals surface area contributed by atoms with Crippen LogP contribution in [0.15, 0.2) is 0 Å². The second-order valence-corrected chi connectivity index (χ2v) is 10.8. The lowest BCUT2D eigenvalue weighted by Gasteiger charge is -2.44. The first-order valence-electron chi connectivity index (χ1n) is 8.07. The van der Waals surface area contributed by atoms with Crippen molar-refractivity contribution in [2.75, 3.05) is 12.4 Å². The molecule has 0 aromatic rings. The van der Waals surface area contributed by atoms with Crippen molar-refractivity contribution in [1.82, 2.24) is 0 Å². The molecule has 1 unspecified atom stereocenters. The van der Waals surface area contributed by atoms with Gasteiger partial charge >= 0.3 is 0 Å². The van der Waals surface area contributed by atoms with Crippen molar-refractivity contribution in [3.63, 3.8) is 0 Å². The Labute approximate surface area is 171 Å². The Hall–Kier alpha value is -0.000000000000000167. The predicted molar refractivity (Wildman–Crippen MR) is 110 cm³/mol. The zero-order valence-electron chi connectivity index (χ0n) is 15.4. The van der Waals surface area contributed by atoms with Crippen molar-refractivity contribution in [3.05, 3.63) is 0 Å². The van der Waals surface area contributed by atoms with Crippen LogP contribution in [0, 0.1) is 0 Å². The zero-order valence-corrected chi connectivity index (χ0v) is 18.6. The van der Waals surface area contributed by atoms with Crippen molar-refractivity contribution in [2.24, 2.45) is 0 Å². The van der Waals surface area contributed by atoms with Gasteiger partial charge in [0.05, 0.1) is 16.6 Å². The maximum atomic E-state index is 11.8. The second-order valence-electron chi connectivity index (χ2n) is 5.52. The maximum Gasteiger partial charge on any atom is 0.186 e. The van der Waals surface area contributed by atoms with Crippen molar-refractivity contribution >= 4 is 67.5 Å². The van der Waals surface area contributed by atoms with E-state index in [1.807, 2.05) is 6.92 Å². The molecule has 26 heavy (non-hydrogen) atoms. The van der Waals surface area contributed by atoms with E-state index in [0.29, 0.717) is 12.4 Å². The third-order valence-electron chi connectivity index (χ3n) is 3.28. The van der Waals surface area contributed by atoms with Crippen LogP contribution in [0.25, 0.3) is 0 Å². The van der Waals surface area contributed by atoms with E-state index in [2.05, 4.69) is 0 Å². The Bertz CT molecular complexity index is 541. The van der Waals surface area contributed by atoms with Crippen LogP contribution in [0.2, 0.25) is 0 Å². The zero-order chi connectivity index (χ0) is 19.9. The summed E-state index contributed by atoms with van der Waals surface area (Å²) < 4.78 is 11.7. The fraction of sp³-hybridized carbons (Fsp3) is 0.750. The Morgan fingerprint density at radius 2 is 1.31 bits per heavy atom. The highest BCUT2D eigenvalue weighted by Gasteiger charge is 2.49. The molecule has 1 aliphatic rings. The second kappa shape index (κ2) is 11.8. The average molecular weight is 441 g/mol. The van der Waals surface area contributed by atoms with E-state index >= 15 is 0 Å². The van der Waals surface area contributed by atoms with Gasteiger partial charge in [-0.25, -0.2) is 0 Å². The predicted octanol–water partition coefficient (Wildman–Crippen LogP) is 2.97. The SMILES string of the molecule is CCOC1O[C@H](CSC(C)=O)[C@@H](SC(C)=O)[C@H](SC(C)=O)[C@H]1SC(C)=O. The molecule has 1 fully saturated rings. The summed E-state index contributed by atoms with van der Waals surface area (Å²) in [7, 11) is 0. The smallest absolute Gasteiger partial charge is 0.186 e. The van der Waals surface area contributed by atoms with E-state index in [0.717, 1.165) is 47.0 Å². The highest BCUT2D eigenvalue weighted by atomic mass is 32.2. The summed E-state index contributed by atoms with van der Waals surface area (Å²) >= 11 is 4.38. The maximum absolute atomic E-state index is 11.8. The quantitative estimate of drug-likeness (QED) is 0.589. The largest absolute Gasteiger partial charge is 0.352 e. The number of ether oxygens (including phenoxy) is 2. The van der Waals surface area contributed by atoms with Gasteiger partial charge in [0, 0.05) is 45.3 Å². The molecule has 148 valence electrons. The monoisotopic (exact) mass is 440 g/mol. The van der Waals surface area contributed by atoms with Crippen LogP contribution < -0.4 is 0 Å². The molecule has 0 N–H and O–H groups in total. The third kappa shape index (κ3) is 7.93. The molecular formula is C16H24O6S4. The van der Waals surface area contributed by atoms with Crippen LogP contribution >= 0.6 is 47.0 Å². The molecule has 0 saturated carbocycles. The minimum Gasteiger partial charge on any atom is -0.352 e. The Morgan fingerprint density at radius 1 is 0.808 bits per heavy atom. The minimum absolute atomic E-state index is 0.0517. The van der Waals surface area contributed by atoms with Gasteiger partial charge in [-0.2, -0.15) is 0 Å². The highest BCUT2D eigenvalue weighted by molar-refractivity contribution is 8.19. The molecule has 0 aromatic heterocycles. The van der Waals surface area contributed by atoms with Crippen LogP contribution in [0.4, 0.5) is 0 Å². The summed E-state index contributed by atoms with van der Waals surface area (Å²) in [5, 5.41) is -1.50. The molecule has 1 rings (SSSR count). The summed E-state index contributed by atoms with van der Waals surface area (Å²) in [6, 6.07) is 0. The summed E-state index contributed by atoms with van der Waals surface area (Å²) in [5.41, 5.74) is 0. The molecule has 0 amide bonds. The lowest BCUT2D eigenvalue weighted by molar-refractivity contribution is -0.177. The highest BCUT2D eigenvalue weighted by Crippen LogP contribution is 2.43. The van der Waals surface area contributed by atoms with Gasteiger partial charge in [-0.05, 0) is 6.92 Å². The standard InChI is InChI=1S/C16H24O6S4/c1-6-21-16-15(26-11(5)20)14(25-10(4)19)13(24-9(3)18)12(22-16)7-23-8(2)17/h12-16H,6-7H2,1-5H3/t12-,13-,14+,15-,16?/m1/s1. The first-order chi connectivity index (χ1) is 12.1. The summed E-state index contributed by atoms with van der Waals surface area (Å²) in [5.74, 6) is 0.357. The van der Waals surface area contributed by atoms with E-state index < -0.39 is 17.6 Å². The molecule has 0 bridgehead atoms. The van der Waals surface area contributed by atoms with Gasteiger partial charge in [0.1, 0.15) is 0 Å². The normalized spacial score (nSPS) is 28.6. The summed E-state index contributed by atoms with van der Waals surface area (Å²) in [6.07, 6.45) is -1.14. The minimum atomic E-state index is -0.688. The molecule has 1 saturated heterocycles. The van der Waals surface area contributed by atoms with E-state index in [1.54, 1.807) is 0 Å². The van der Waals surface area contributed by atoms with Gasteiger partial charge in [-0.1, -0.05) is 47.0 Å². The van der Waals surface area contributed by atoms with Crippen molar-refractivity contribution in [3.8, 4) is 0 Å². The first kappa shape index (κ1) is 24.0. The molecule has 1 heterocycles. The van der Waals surface area contributed by atoms with E-state index in [1.165, 1.54) is 27.7 Å². The van der Waals surface area contributed by atoms with Crippen molar-refractivity contribution < 1.29 is 28.7 Å². The summed E-state index contributed by atoms with van der Waals surface area (Å²) in [6.45, 7) is 8.04. The molecule has 10 heteroatoms. The lowest BCUT2D eigenvalue weighted by Crippen LogP contribution is -2.56. The molecular weight excluding hydrogens is 416 g/mol. The fourth-order valence-electron chi connectivity index (χ4n) is 2.49. The van der Waals surface area contributed by atoms with Crippen LogP contribution in [-0.4, -0.2) is 61.0 Å². The lowest BCUT2D eigenvalue weighted by atomic mass is 10.1.